The molecule has 0 aromatic heterocycles. The molecular weight excluding hydrogens is 369 g/mol. The molecule has 1 N–H and O–H groups in total. The molecular formula is C21H23Cl2NO2. The number of fused-ring (bicyclic) bond motifs is 1. The average Bonchev–Trinajstić information content (AvgIpc) is 2.63. The number of aliphatic hydroxyl groups is 1. The number of aliphatic hydroxyl groups excluding tert-OH is 1. The SMILES string of the molecule is C[C@H]1c2cccc(CCCO)c2CCN1C(=O)Cc1c(Cl)cccc1Cl. The molecule has 1 aliphatic heterocycles. The van der Waals surface area contributed by atoms with Crippen molar-refractivity contribution < 1.29 is 9.90 Å². The van der Waals surface area contributed by atoms with Crippen LogP contribution in [0, 0.1) is 0 Å². The number of hydrogen-bond donors (Lipinski definition) is 1. The molecule has 3 nitrogen and oxygen atoms in total. The van der Waals surface area contributed by atoms with E-state index in [9.17, 15) is 4.79 Å². The Morgan fingerprint density at radius 2 is 1.88 bits per heavy atom. The number of amides is 1. The van der Waals surface area contributed by atoms with Crippen molar-refractivity contribution in [1.29, 1.82) is 0 Å². The highest BCUT2D eigenvalue weighted by atomic mass is 35.5. The summed E-state index contributed by atoms with van der Waals surface area (Å²) in [6, 6.07) is 11.6. The van der Waals surface area contributed by atoms with Crippen molar-refractivity contribution in [3.8, 4) is 0 Å². The van der Waals surface area contributed by atoms with Gasteiger partial charge in [0, 0.05) is 23.2 Å². The summed E-state index contributed by atoms with van der Waals surface area (Å²) < 4.78 is 0. The summed E-state index contributed by atoms with van der Waals surface area (Å²) in [4.78, 5) is 14.8. The Labute approximate surface area is 164 Å². The van der Waals surface area contributed by atoms with Crippen molar-refractivity contribution in [2.75, 3.05) is 13.2 Å². The lowest BCUT2D eigenvalue weighted by Gasteiger charge is -2.36. The number of rotatable bonds is 5. The molecule has 1 atom stereocenters. The van der Waals surface area contributed by atoms with E-state index in [1.165, 1.54) is 16.7 Å². The van der Waals surface area contributed by atoms with E-state index in [-0.39, 0.29) is 25.0 Å². The Bertz CT molecular complexity index is 786. The topological polar surface area (TPSA) is 40.5 Å². The minimum atomic E-state index is 0.0154. The Balaban J connectivity index is 1.80. The van der Waals surface area contributed by atoms with E-state index in [2.05, 4.69) is 19.1 Å². The fourth-order valence-electron chi connectivity index (χ4n) is 3.74. The maximum absolute atomic E-state index is 12.9. The molecule has 0 radical (unpaired) electrons. The molecule has 0 aliphatic carbocycles. The highest BCUT2D eigenvalue weighted by Crippen LogP contribution is 2.33. The predicted octanol–water partition coefficient (Wildman–Crippen LogP) is 4.61. The van der Waals surface area contributed by atoms with Crippen LogP contribution in [0.1, 0.15) is 41.6 Å². The van der Waals surface area contributed by atoms with Crippen LogP contribution in [0.5, 0.6) is 0 Å². The number of aryl methyl sites for hydroxylation is 1. The Morgan fingerprint density at radius 3 is 2.58 bits per heavy atom. The molecule has 0 bridgehead atoms. The molecule has 1 heterocycles. The molecule has 138 valence electrons. The van der Waals surface area contributed by atoms with Gasteiger partial charge in [0.2, 0.25) is 5.91 Å². The van der Waals surface area contributed by atoms with E-state index in [1.54, 1.807) is 18.2 Å². The summed E-state index contributed by atoms with van der Waals surface area (Å²) in [6.07, 6.45) is 2.68. The largest absolute Gasteiger partial charge is 0.396 e. The minimum Gasteiger partial charge on any atom is -0.396 e. The summed E-state index contributed by atoms with van der Waals surface area (Å²) in [5.74, 6) is 0.0407. The van der Waals surface area contributed by atoms with Crippen molar-refractivity contribution in [3.63, 3.8) is 0 Å². The molecule has 1 aliphatic rings. The lowest BCUT2D eigenvalue weighted by Crippen LogP contribution is -2.40. The molecule has 2 aromatic carbocycles. The number of benzene rings is 2. The van der Waals surface area contributed by atoms with E-state index in [0.717, 1.165) is 19.3 Å². The highest BCUT2D eigenvalue weighted by Gasteiger charge is 2.29. The summed E-state index contributed by atoms with van der Waals surface area (Å²) >= 11 is 12.4. The van der Waals surface area contributed by atoms with Crippen LogP contribution < -0.4 is 0 Å². The van der Waals surface area contributed by atoms with Crippen LogP contribution in [0.2, 0.25) is 10.0 Å². The predicted molar refractivity (Wildman–Crippen MR) is 106 cm³/mol. The number of carbonyl (C=O) groups is 1. The Kier molecular flexibility index (Phi) is 6.23. The molecule has 26 heavy (non-hydrogen) atoms. The zero-order valence-electron chi connectivity index (χ0n) is 14.8. The normalized spacial score (nSPS) is 16.5. The maximum atomic E-state index is 12.9. The fraction of sp³-hybridized carbons (Fsp3) is 0.381. The zero-order chi connectivity index (χ0) is 18.7. The second-order valence-corrected chi connectivity index (χ2v) is 7.52. The van der Waals surface area contributed by atoms with Gasteiger partial charge in [0.1, 0.15) is 0 Å². The van der Waals surface area contributed by atoms with Crippen LogP contribution in [-0.4, -0.2) is 29.1 Å². The molecule has 0 saturated carbocycles. The third-order valence-electron chi connectivity index (χ3n) is 5.14. The van der Waals surface area contributed by atoms with Gasteiger partial charge < -0.3 is 10.0 Å². The Hall–Kier alpha value is -1.55. The zero-order valence-corrected chi connectivity index (χ0v) is 16.4. The van der Waals surface area contributed by atoms with Gasteiger partial charge >= 0.3 is 0 Å². The molecule has 3 rings (SSSR count). The molecule has 2 aromatic rings. The highest BCUT2D eigenvalue weighted by molar-refractivity contribution is 6.36. The lowest BCUT2D eigenvalue weighted by atomic mass is 9.88. The second-order valence-electron chi connectivity index (χ2n) is 6.70. The first-order chi connectivity index (χ1) is 12.5. The summed E-state index contributed by atoms with van der Waals surface area (Å²) in [5, 5.41) is 10.2. The first-order valence-corrected chi connectivity index (χ1v) is 9.72. The van der Waals surface area contributed by atoms with Gasteiger partial charge in [0.25, 0.3) is 0 Å². The fourth-order valence-corrected chi connectivity index (χ4v) is 4.27. The quantitative estimate of drug-likeness (QED) is 0.808. The number of hydrogen-bond acceptors (Lipinski definition) is 2. The van der Waals surface area contributed by atoms with Crippen LogP contribution in [0.4, 0.5) is 0 Å². The van der Waals surface area contributed by atoms with Crippen molar-refractivity contribution in [1.82, 2.24) is 4.90 Å². The lowest BCUT2D eigenvalue weighted by molar-refractivity contribution is -0.133. The monoisotopic (exact) mass is 391 g/mol. The van der Waals surface area contributed by atoms with E-state index >= 15 is 0 Å². The van der Waals surface area contributed by atoms with E-state index in [0.29, 0.717) is 22.2 Å². The van der Waals surface area contributed by atoms with Crippen molar-refractivity contribution in [3.05, 3.63) is 68.7 Å². The number of nitrogens with zero attached hydrogens (tertiary/aromatic N) is 1. The first-order valence-electron chi connectivity index (χ1n) is 8.96. The van der Waals surface area contributed by atoms with Gasteiger partial charge in [-0.05, 0) is 60.6 Å². The minimum absolute atomic E-state index is 0.0154. The molecule has 1 amide bonds. The van der Waals surface area contributed by atoms with Crippen LogP contribution in [0.3, 0.4) is 0 Å². The summed E-state index contributed by atoms with van der Waals surface area (Å²) in [7, 11) is 0. The maximum Gasteiger partial charge on any atom is 0.227 e. The smallest absolute Gasteiger partial charge is 0.227 e. The first kappa shape index (κ1) is 19.2. The Morgan fingerprint density at radius 1 is 1.19 bits per heavy atom. The van der Waals surface area contributed by atoms with Gasteiger partial charge in [-0.1, -0.05) is 47.5 Å². The van der Waals surface area contributed by atoms with Gasteiger partial charge in [-0.15, -0.1) is 0 Å². The summed E-state index contributed by atoms with van der Waals surface area (Å²) in [5.41, 5.74) is 4.50. The van der Waals surface area contributed by atoms with Crippen molar-refractivity contribution in [2.24, 2.45) is 0 Å². The van der Waals surface area contributed by atoms with Gasteiger partial charge in [-0.25, -0.2) is 0 Å². The van der Waals surface area contributed by atoms with Crippen LogP contribution in [0.15, 0.2) is 36.4 Å². The van der Waals surface area contributed by atoms with Crippen LogP contribution in [0.25, 0.3) is 0 Å². The molecule has 0 unspecified atom stereocenters. The van der Waals surface area contributed by atoms with E-state index < -0.39 is 0 Å². The average molecular weight is 392 g/mol. The van der Waals surface area contributed by atoms with Crippen LogP contribution >= 0.6 is 23.2 Å². The third-order valence-corrected chi connectivity index (χ3v) is 5.85. The standard InChI is InChI=1S/C21H23Cl2NO2/c1-14-16-7-2-5-15(6-4-12-25)17(16)10-11-24(14)21(26)13-18-19(22)8-3-9-20(18)23/h2-3,5,7-9,14,25H,4,6,10-13H2,1H3/t14-/m0/s1. The van der Waals surface area contributed by atoms with E-state index in [4.69, 9.17) is 28.3 Å². The third kappa shape index (κ3) is 3.90. The van der Waals surface area contributed by atoms with Crippen molar-refractivity contribution in [2.45, 2.75) is 38.6 Å². The van der Waals surface area contributed by atoms with Gasteiger partial charge in [-0.2, -0.15) is 0 Å². The van der Waals surface area contributed by atoms with E-state index in [1.807, 2.05) is 11.0 Å². The second kappa shape index (κ2) is 8.43. The van der Waals surface area contributed by atoms with Gasteiger partial charge in [0.05, 0.1) is 12.5 Å². The van der Waals surface area contributed by atoms with Crippen LogP contribution in [-0.2, 0) is 24.1 Å². The van der Waals surface area contributed by atoms with Crippen molar-refractivity contribution >= 4 is 29.1 Å². The molecule has 5 heteroatoms. The molecule has 0 spiro atoms. The number of halogens is 2. The molecule has 0 saturated heterocycles. The summed E-state index contributed by atoms with van der Waals surface area (Å²) in [6.45, 7) is 2.95. The van der Waals surface area contributed by atoms with Gasteiger partial charge in [0.15, 0.2) is 0 Å². The number of carbonyl (C=O) groups excluding carboxylic acids is 1. The van der Waals surface area contributed by atoms with Gasteiger partial charge in [-0.3, -0.25) is 4.79 Å². The molecule has 0 fully saturated rings.